The second kappa shape index (κ2) is 9.07. The monoisotopic (exact) mass is 474 g/mol. The number of benzene rings is 2. The summed E-state index contributed by atoms with van der Waals surface area (Å²) in [5, 5.41) is 69.3. The summed E-state index contributed by atoms with van der Waals surface area (Å²) >= 11 is 0. The Morgan fingerprint density at radius 3 is 1.76 bits per heavy atom. The van der Waals surface area contributed by atoms with Crippen molar-refractivity contribution in [3.63, 3.8) is 0 Å². The average Bonchev–Trinajstić information content (AvgIpc) is 3.40. The summed E-state index contributed by atoms with van der Waals surface area (Å²) in [7, 11) is 0. The Kier molecular flexibility index (Phi) is 6.24. The number of hydrogen-bond acceptors (Lipinski definition) is 14. The average molecular weight is 474 g/mol. The molecule has 0 saturated heterocycles. The van der Waals surface area contributed by atoms with E-state index in [0.717, 1.165) is 24.3 Å². The zero-order valence-electron chi connectivity index (χ0n) is 17.2. The predicted octanol–water partition coefficient (Wildman–Crippen LogP) is 2.73. The molecule has 2 aromatic heterocycles. The van der Waals surface area contributed by atoms with Gasteiger partial charge in [-0.15, -0.1) is 10.2 Å². The highest BCUT2D eigenvalue weighted by Crippen LogP contribution is 2.39. The Balaban J connectivity index is 0.000000191. The number of aromatic hydroxyl groups is 4. The maximum absolute atomic E-state index is 10.6. The Bertz CT molecular complexity index is 1290. The molecular formula is C18H14N6O10. The first kappa shape index (κ1) is 23.4. The minimum absolute atomic E-state index is 0.0286. The summed E-state index contributed by atoms with van der Waals surface area (Å²) in [5.41, 5.74) is -0.908. The number of nitro benzene ring substituents is 2. The summed E-state index contributed by atoms with van der Waals surface area (Å²) < 4.78 is 9.78. The fraction of sp³-hybridized carbons (Fsp3) is 0.111. The highest BCUT2D eigenvalue weighted by Gasteiger charge is 2.22. The van der Waals surface area contributed by atoms with Gasteiger partial charge in [0.25, 0.3) is 0 Å². The van der Waals surface area contributed by atoms with Crippen LogP contribution in [0.5, 0.6) is 23.0 Å². The number of nitro groups is 2. The Morgan fingerprint density at radius 2 is 1.32 bits per heavy atom. The van der Waals surface area contributed by atoms with Crippen molar-refractivity contribution >= 4 is 11.4 Å². The van der Waals surface area contributed by atoms with E-state index in [1.54, 1.807) is 13.8 Å². The van der Waals surface area contributed by atoms with Gasteiger partial charge in [0.1, 0.15) is 0 Å². The Hall–Kier alpha value is -5.28. The summed E-state index contributed by atoms with van der Waals surface area (Å²) in [6.07, 6.45) is 0. The molecule has 16 nitrogen and oxygen atoms in total. The number of aryl methyl sites for hydroxylation is 2. The van der Waals surface area contributed by atoms with Crippen molar-refractivity contribution in [2.45, 2.75) is 13.8 Å². The number of nitrogens with zero attached hydrogens (tertiary/aromatic N) is 6. The number of aromatic nitrogens is 4. The van der Waals surface area contributed by atoms with Crippen LogP contribution in [0.2, 0.25) is 0 Å². The number of hydrogen-bond donors (Lipinski definition) is 4. The van der Waals surface area contributed by atoms with Gasteiger partial charge in [-0.2, -0.15) is 4.98 Å². The molecule has 0 saturated carbocycles. The van der Waals surface area contributed by atoms with Crippen LogP contribution >= 0.6 is 0 Å². The van der Waals surface area contributed by atoms with Gasteiger partial charge in [-0.1, -0.05) is 5.16 Å². The van der Waals surface area contributed by atoms with Crippen molar-refractivity contribution in [1.82, 2.24) is 20.3 Å². The molecule has 176 valence electrons. The third kappa shape index (κ3) is 4.79. The molecule has 0 unspecified atom stereocenters. The summed E-state index contributed by atoms with van der Waals surface area (Å²) in [6.45, 7) is 3.12. The summed E-state index contributed by atoms with van der Waals surface area (Å²) in [4.78, 5) is 23.5. The molecule has 0 amide bonds. The molecule has 0 aliphatic carbocycles. The van der Waals surface area contributed by atoms with Crippen LogP contribution in [0.4, 0.5) is 11.4 Å². The van der Waals surface area contributed by atoms with Crippen molar-refractivity contribution in [2.75, 3.05) is 0 Å². The van der Waals surface area contributed by atoms with Crippen molar-refractivity contribution < 1.29 is 39.2 Å². The third-order valence-corrected chi connectivity index (χ3v) is 4.09. The van der Waals surface area contributed by atoms with Crippen molar-refractivity contribution in [2.24, 2.45) is 0 Å². The van der Waals surface area contributed by atoms with Crippen molar-refractivity contribution in [1.29, 1.82) is 0 Å². The molecular weight excluding hydrogens is 460 g/mol. The van der Waals surface area contributed by atoms with Gasteiger partial charge in [-0.05, 0) is 12.1 Å². The lowest BCUT2D eigenvalue weighted by molar-refractivity contribution is -0.386. The van der Waals surface area contributed by atoms with Crippen molar-refractivity contribution in [3.8, 4) is 45.8 Å². The molecule has 0 spiro atoms. The van der Waals surface area contributed by atoms with E-state index in [9.17, 15) is 40.7 Å². The fourth-order valence-electron chi connectivity index (χ4n) is 2.57. The number of phenolic OH excluding ortho intramolecular Hbond substituents is 4. The molecule has 16 heteroatoms. The molecule has 4 aromatic rings. The number of rotatable bonds is 4. The van der Waals surface area contributed by atoms with Crippen LogP contribution in [-0.4, -0.2) is 50.6 Å². The van der Waals surface area contributed by atoms with Crippen LogP contribution in [0.1, 0.15) is 11.8 Å². The zero-order chi connectivity index (χ0) is 25.2. The van der Waals surface area contributed by atoms with E-state index in [1.807, 2.05) is 0 Å². The molecule has 0 radical (unpaired) electrons. The SMILES string of the molecule is Cc1nc(-c2cc(O)c(O)c([N+](=O)[O-])c2)no1.Cc1nnc(-c2cc(O)c(O)c([N+](=O)[O-])c2)o1. The van der Waals surface area contributed by atoms with Gasteiger partial charge in [0, 0.05) is 37.1 Å². The number of phenols is 4. The molecule has 2 aromatic carbocycles. The van der Waals surface area contributed by atoms with Gasteiger partial charge in [0.2, 0.25) is 35.0 Å². The molecule has 0 bridgehead atoms. The summed E-state index contributed by atoms with van der Waals surface area (Å²) in [5.74, 6) is -2.12. The van der Waals surface area contributed by atoms with Crippen LogP contribution in [0.25, 0.3) is 22.8 Å². The topological polar surface area (TPSA) is 245 Å². The van der Waals surface area contributed by atoms with Crippen molar-refractivity contribution in [3.05, 3.63) is 56.3 Å². The molecule has 0 aliphatic heterocycles. The van der Waals surface area contributed by atoms with E-state index in [2.05, 4.69) is 20.3 Å². The van der Waals surface area contributed by atoms with Gasteiger partial charge in [0.15, 0.2) is 11.5 Å². The van der Waals surface area contributed by atoms with Crippen LogP contribution in [0, 0.1) is 34.1 Å². The molecule has 34 heavy (non-hydrogen) atoms. The second-order valence-corrected chi connectivity index (χ2v) is 6.50. The largest absolute Gasteiger partial charge is 0.504 e. The molecule has 4 rings (SSSR count). The fourth-order valence-corrected chi connectivity index (χ4v) is 2.57. The van der Waals surface area contributed by atoms with Crippen LogP contribution < -0.4 is 0 Å². The van der Waals surface area contributed by atoms with Crippen LogP contribution in [0.15, 0.2) is 33.2 Å². The highest BCUT2D eigenvalue weighted by molar-refractivity contribution is 5.68. The molecule has 0 fully saturated rings. The Labute approximate surface area is 187 Å². The standard InChI is InChI=1S/2C9H7N3O5/c1-4-10-11-9(17-4)5-2-6(12(15)16)8(14)7(13)3-5;1-4-10-9(11-17-4)5-2-6(12(15)16)8(14)7(13)3-5/h2*2-3,13-14H,1H3. The molecule has 0 aliphatic rings. The maximum atomic E-state index is 10.6. The van der Waals surface area contributed by atoms with Gasteiger partial charge >= 0.3 is 11.4 Å². The first-order valence-corrected chi connectivity index (χ1v) is 8.99. The van der Waals surface area contributed by atoms with E-state index >= 15 is 0 Å². The lowest BCUT2D eigenvalue weighted by Gasteiger charge is -2.01. The quantitative estimate of drug-likeness (QED) is 0.189. The predicted molar refractivity (Wildman–Crippen MR) is 109 cm³/mol. The first-order valence-electron chi connectivity index (χ1n) is 8.99. The van der Waals surface area contributed by atoms with E-state index in [0.29, 0.717) is 0 Å². The first-order chi connectivity index (χ1) is 16.0. The van der Waals surface area contributed by atoms with E-state index < -0.39 is 44.2 Å². The van der Waals surface area contributed by atoms with E-state index in [1.165, 1.54) is 0 Å². The van der Waals surface area contributed by atoms with Crippen LogP contribution in [0.3, 0.4) is 0 Å². The summed E-state index contributed by atoms with van der Waals surface area (Å²) in [6, 6.07) is 4.32. The minimum Gasteiger partial charge on any atom is -0.504 e. The molecule has 2 heterocycles. The highest BCUT2D eigenvalue weighted by atomic mass is 16.6. The second-order valence-electron chi connectivity index (χ2n) is 6.50. The van der Waals surface area contributed by atoms with E-state index in [4.69, 9.17) is 8.94 Å². The van der Waals surface area contributed by atoms with Gasteiger partial charge < -0.3 is 29.4 Å². The maximum Gasteiger partial charge on any atom is 0.315 e. The lowest BCUT2D eigenvalue weighted by atomic mass is 10.1. The van der Waals surface area contributed by atoms with Gasteiger partial charge in [0.05, 0.1) is 9.85 Å². The van der Waals surface area contributed by atoms with Gasteiger partial charge in [-0.25, -0.2) is 0 Å². The minimum atomic E-state index is -0.818. The normalized spacial score (nSPS) is 10.4. The zero-order valence-corrected chi connectivity index (χ0v) is 17.2. The smallest absolute Gasteiger partial charge is 0.315 e. The van der Waals surface area contributed by atoms with Crippen LogP contribution in [-0.2, 0) is 0 Å². The molecule has 4 N–H and O–H groups in total. The van der Waals surface area contributed by atoms with E-state index in [-0.39, 0.29) is 34.6 Å². The lowest BCUT2D eigenvalue weighted by Crippen LogP contribution is -1.91. The Morgan fingerprint density at radius 1 is 0.794 bits per heavy atom. The molecule has 0 atom stereocenters. The third-order valence-electron chi connectivity index (χ3n) is 4.09. The van der Waals surface area contributed by atoms with Gasteiger partial charge in [-0.3, -0.25) is 20.2 Å².